The molecule has 0 spiro atoms. The number of rotatable bonds is 11. The minimum atomic E-state index is -3.71. The first kappa shape index (κ1) is 27.4. The largest absolute Gasteiger partial charge is 0.352 e. The highest BCUT2D eigenvalue weighted by molar-refractivity contribution is 14.1. The van der Waals surface area contributed by atoms with Gasteiger partial charge in [-0.3, -0.25) is 13.9 Å². The van der Waals surface area contributed by atoms with Gasteiger partial charge >= 0.3 is 0 Å². The molecule has 2 aromatic rings. The molecule has 1 atom stereocenters. The minimum absolute atomic E-state index is 0.141. The highest BCUT2D eigenvalue weighted by Gasteiger charge is 2.32. The molecule has 1 fully saturated rings. The molecule has 1 saturated carbocycles. The van der Waals surface area contributed by atoms with Crippen LogP contribution in [0.5, 0.6) is 0 Å². The lowest BCUT2D eigenvalue weighted by molar-refractivity contribution is -0.139. The number of carbonyl (C=O) groups is 2. The Kier molecular flexibility index (Phi) is 9.97. The molecular weight excluding hydrogens is 577 g/mol. The van der Waals surface area contributed by atoms with E-state index in [-0.39, 0.29) is 18.5 Å². The van der Waals surface area contributed by atoms with Crippen LogP contribution in [0.3, 0.4) is 0 Å². The Morgan fingerprint density at radius 3 is 2.26 bits per heavy atom. The van der Waals surface area contributed by atoms with Gasteiger partial charge in [-0.15, -0.1) is 0 Å². The first-order valence-electron chi connectivity index (χ1n) is 12.1. The van der Waals surface area contributed by atoms with Crippen molar-refractivity contribution in [2.45, 2.75) is 57.5 Å². The maximum Gasteiger partial charge on any atom is 0.244 e. The Morgan fingerprint density at radius 1 is 1.06 bits per heavy atom. The van der Waals surface area contributed by atoms with Crippen molar-refractivity contribution in [1.29, 1.82) is 0 Å². The van der Waals surface area contributed by atoms with Gasteiger partial charge < -0.3 is 10.2 Å². The maximum atomic E-state index is 13.6. The fourth-order valence-corrected chi connectivity index (χ4v) is 5.69. The third-order valence-corrected chi connectivity index (χ3v) is 8.23. The zero-order valence-corrected chi connectivity index (χ0v) is 23.3. The van der Waals surface area contributed by atoms with Gasteiger partial charge in [0, 0.05) is 16.2 Å². The smallest absolute Gasteiger partial charge is 0.244 e. The molecule has 2 aromatic carbocycles. The molecule has 1 aliphatic carbocycles. The van der Waals surface area contributed by atoms with E-state index in [9.17, 15) is 18.0 Å². The second-order valence-electron chi connectivity index (χ2n) is 8.98. The van der Waals surface area contributed by atoms with E-state index in [0.717, 1.165) is 45.4 Å². The van der Waals surface area contributed by atoms with Crippen LogP contribution in [-0.2, 0) is 26.0 Å². The maximum absolute atomic E-state index is 13.6. The van der Waals surface area contributed by atoms with Gasteiger partial charge in [-0.1, -0.05) is 50.1 Å². The predicted octanol–water partition coefficient (Wildman–Crippen LogP) is 3.97. The molecule has 3 rings (SSSR count). The molecule has 0 saturated heterocycles. The van der Waals surface area contributed by atoms with Gasteiger partial charge in [-0.2, -0.15) is 0 Å². The van der Waals surface area contributed by atoms with E-state index in [0.29, 0.717) is 25.1 Å². The Hall–Kier alpha value is -2.14. The zero-order chi connectivity index (χ0) is 25.4. The molecule has 0 aromatic heterocycles. The first-order valence-corrected chi connectivity index (χ1v) is 15.0. The monoisotopic (exact) mass is 611 g/mol. The first-order chi connectivity index (χ1) is 16.7. The van der Waals surface area contributed by atoms with Gasteiger partial charge in [0.25, 0.3) is 0 Å². The van der Waals surface area contributed by atoms with Crippen molar-refractivity contribution in [3.63, 3.8) is 0 Å². The normalized spacial score (nSPS) is 14.9. The summed E-state index contributed by atoms with van der Waals surface area (Å²) >= 11 is 2.15. The number of hydrogen-bond acceptors (Lipinski definition) is 4. The summed E-state index contributed by atoms with van der Waals surface area (Å²) in [6.45, 7) is 1.85. The van der Waals surface area contributed by atoms with Crippen molar-refractivity contribution in [3.8, 4) is 0 Å². The van der Waals surface area contributed by atoms with Crippen LogP contribution in [0.15, 0.2) is 54.6 Å². The van der Waals surface area contributed by atoms with E-state index in [1.54, 1.807) is 29.2 Å². The average Bonchev–Trinajstić information content (AvgIpc) is 3.33. The lowest BCUT2D eigenvalue weighted by Gasteiger charge is -2.33. The van der Waals surface area contributed by atoms with E-state index in [1.807, 2.05) is 37.3 Å². The second kappa shape index (κ2) is 12.7. The predicted molar refractivity (Wildman–Crippen MR) is 148 cm³/mol. The number of hydrogen-bond donors (Lipinski definition) is 1. The topological polar surface area (TPSA) is 86.8 Å². The van der Waals surface area contributed by atoms with Crippen LogP contribution in [0, 0.1) is 3.57 Å². The van der Waals surface area contributed by atoms with Gasteiger partial charge in [-0.05, 0) is 78.1 Å². The van der Waals surface area contributed by atoms with Crippen LogP contribution in [0.25, 0.3) is 0 Å². The molecule has 7 nitrogen and oxygen atoms in total. The third-order valence-electron chi connectivity index (χ3n) is 6.37. The van der Waals surface area contributed by atoms with Gasteiger partial charge in [0.1, 0.15) is 12.6 Å². The van der Waals surface area contributed by atoms with Crippen molar-refractivity contribution in [2.75, 3.05) is 23.7 Å². The Bertz CT molecular complexity index is 1090. The van der Waals surface area contributed by atoms with Gasteiger partial charge in [0.05, 0.1) is 11.9 Å². The Labute approximate surface area is 222 Å². The van der Waals surface area contributed by atoms with Crippen LogP contribution in [0.1, 0.15) is 44.6 Å². The summed E-state index contributed by atoms with van der Waals surface area (Å²) in [7, 11) is -3.71. The number of sulfonamides is 1. The van der Waals surface area contributed by atoms with E-state index in [1.165, 1.54) is 0 Å². The van der Waals surface area contributed by atoms with E-state index >= 15 is 0 Å². The van der Waals surface area contributed by atoms with Crippen LogP contribution in [0.4, 0.5) is 5.69 Å². The summed E-state index contributed by atoms with van der Waals surface area (Å²) < 4.78 is 27.3. The summed E-state index contributed by atoms with van der Waals surface area (Å²) in [5.41, 5.74) is 1.47. The molecule has 2 amide bonds. The summed E-state index contributed by atoms with van der Waals surface area (Å²) in [5.74, 6) is -0.556. The fraction of sp³-hybridized carbons (Fsp3) is 0.462. The lowest BCUT2D eigenvalue weighted by atomic mass is 10.1. The van der Waals surface area contributed by atoms with Crippen LogP contribution >= 0.6 is 22.6 Å². The highest BCUT2D eigenvalue weighted by Crippen LogP contribution is 2.21. The lowest BCUT2D eigenvalue weighted by Crippen LogP contribution is -2.54. The molecule has 0 aliphatic heterocycles. The fourth-order valence-electron chi connectivity index (χ4n) is 4.48. The summed E-state index contributed by atoms with van der Waals surface area (Å²) in [6, 6.07) is 16.2. The Morgan fingerprint density at radius 2 is 1.69 bits per heavy atom. The molecule has 35 heavy (non-hydrogen) atoms. The molecule has 1 aliphatic rings. The number of anilines is 1. The number of nitrogens with one attached hydrogen (secondary N) is 1. The number of nitrogens with zero attached hydrogens (tertiary/aromatic N) is 2. The van der Waals surface area contributed by atoms with Crippen molar-refractivity contribution in [3.05, 3.63) is 63.7 Å². The van der Waals surface area contributed by atoms with E-state index < -0.39 is 22.0 Å². The van der Waals surface area contributed by atoms with E-state index in [2.05, 4.69) is 27.9 Å². The molecule has 9 heteroatoms. The van der Waals surface area contributed by atoms with Crippen molar-refractivity contribution in [1.82, 2.24) is 10.2 Å². The van der Waals surface area contributed by atoms with Crippen molar-refractivity contribution < 1.29 is 18.0 Å². The van der Waals surface area contributed by atoms with Crippen LogP contribution < -0.4 is 9.62 Å². The molecule has 0 heterocycles. The molecule has 0 radical (unpaired) electrons. The number of carbonyl (C=O) groups excluding carboxylic acids is 2. The molecular formula is C26H34IN3O4S. The van der Waals surface area contributed by atoms with Gasteiger partial charge in [-0.25, -0.2) is 8.42 Å². The van der Waals surface area contributed by atoms with E-state index in [4.69, 9.17) is 0 Å². The highest BCUT2D eigenvalue weighted by atomic mass is 127. The van der Waals surface area contributed by atoms with Gasteiger partial charge in [0.2, 0.25) is 21.8 Å². The van der Waals surface area contributed by atoms with Crippen molar-refractivity contribution in [2.24, 2.45) is 0 Å². The average molecular weight is 612 g/mol. The standard InChI is InChI=1S/C26H34IN3O4S/c1-3-24(26(32)28-22-11-7-8-12-22)29(18-17-20-9-5-4-6-10-20)25(31)19-30(35(2,33)34)23-15-13-21(27)14-16-23/h4-6,9-10,13-16,22,24H,3,7-8,11-12,17-19H2,1-2H3,(H,28,32). The minimum Gasteiger partial charge on any atom is -0.352 e. The van der Waals surface area contributed by atoms with Crippen LogP contribution in [-0.4, -0.2) is 56.6 Å². The summed E-state index contributed by atoms with van der Waals surface area (Å²) in [5, 5.41) is 3.12. The van der Waals surface area contributed by atoms with Gasteiger partial charge in [0.15, 0.2) is 0 Å². The Balaban J connectivity index is 1.85. The van der Waals surface area contributed by atoms with Crippen LogP contribution in [0.2, 0.25) is 0 Å². The molecule has 190 valence electrons. The SMILES string of the molecule is CCC(C(=O)NC1CCCC1)N(CCc1ccccc1)C(=O)CN(c1ccc(I)cc1)S(C)(=O)=O. The number of benzene rings is 2. The number of halogens is 1. The summed E-state index contributed by atoms with van der Waals surface area (Å²) in [4.78, 5) is 28.4. The quantitative estimate of drug-likeness (QED) is 0.390. The number of amides is 2. The third kappa shape index (κ3) is 7.93. The zero-order valence-electron chi connectivity index (χ0n) is 20.3. The van der Waals surface area contributed by atoms with Crippen molar-refractivity contribution >= 4 is 50.1 Å². The second-order valence-corrected chi connectivity index (χ2v) is 12.1. The molecule has 0 bridgehead atoms. The summed E-state index contributed by atoms with van der Waals surface area (Å²) in [6.07, 6.45) is 6.21. The molecule has 1 N–H and O–H groups in total. The molecule has 1 unspecified atom stereocenters.